The molecular weight excluding hydrogens is 342 g/mol. The first-order chi connectivity index (χ1) is 13.0. The van der Waals surface area contributed by atoms with Crippen molar-refractivity contribution in [1.29, 1.82) is 0 Å². The quantitative estimate of drug-likeness (QED) is 0.578. The zero-order valence-corrected chi connectivity index (χ0v) is 16.2. The van der Waals surface area contributed by atoms with Crippen molar-refractivity contribution in [2.75, 3.05) is 30.3 Å². The van der Waals surface area contributed by atoms with Crippen LogP contribution in [0.5, 0.6) is 5.75 Å². The average molecular weight is 370 g/mol. The molecule has 0 bridgehead atoms. The molecule has 2 atom stereocenters. The third kappa shape index (κ3) is 4.54. The Morgan fingerprint density at radius 1 is 1.33 bits per heavy atom. The number of nitrogens with two attached hydrogens (primary N) is 2. The van der Waals surface area contributed by atoms with Crippen LogP contribution in [0, 0.1) is 0 Å². The van der Waals surface area contributed by atoms with Gasteiger partial charge in [0.2, 0.25) is 0 Å². The van der Waals surface area contributed by atoms with Crippen LogP contribution in [0.2, 0.25) is 0 Å². The highest BCUT2D eigenvalue weighted by molar-refractivity contribution is 6.02. The summed E-state index contributed by atoms with van der Waals surface area (Å²) >= 11 is 0. The highest BCUT2D eigenvalue weighted by Gasteiger charge is 2.26. The Balaban J connectivity index is 1.84. The van der Waals surface area contributed by atoms with Crippen LogP contribution < -0.4 is 20.8 Å². The number of hydrogen-bond acceptors (Lipinski definition) is 6. The zero-order valence-electron chi connectivity index (χ0n) is 16.2. The standard InChI is InChI=1S/C20H27N5O2/c1-4-26-16-5-6-18(21)17(8-16)19(22)7-15-9-23-12-24-20(15)25-10-13(2)27-14(3)11-25/h5-6,8-9,12-14,22H,4,7,10-11,21H2,1-3H3/p+1/t13-,14+. The highest BCUT2D eigenvalue weighted by Crippen LogP contribution is 2.25. The molecule has 0 aliphatic carbocycles. The van der Waals surface area contributed by atoms with Crippen molar-refractivity contribution < 1.29 is 14.9 Å². The minimum atomic E-state index is 0.149. The van der Waals surface area contributed by atoms with Gasteiger partial charge in [0.1, 0.15) is 17.9 Å². The van der Waals surface area contributed by atoms with Gasteiger partial charge in [0.05, 0.1) is 30.8 Å². The largest absolute Gasteiger partial charge is 0.494 e. The number of aromatic nitrogens is 2. The number of rotatable bonds is 6. The first-order valence-corrected chi connectivity index (χ1v) is 9.31. The van der Waals surface area contributed by atoms with Gasteiger partial charge in [-0.2, -0.15) is 0 Å². The Bertz CT molecular complexity index is 801. The molecule has 2 aromatic rings. The molecule has 4 N–H and O–H groups in total. The molecule has 0 saturated carbocycles. The second-order valence-corrected chi connectivity index (χ2v) is 6.92. The normalized spacial score (nSPS) is 19.7. The van der Waals surface area contributed by atoms with Gasteiger partial charge in [-0.15, -0.1) is 0 Å². The van der Waals surface area contributed by atoms with Gasteiger partial charge in [-0.25, -0.2) is 9.97 Å². The maximum absolute atomic E-state index is 6.43. The van der Waals surface area contributed by atoms with Crippen LogP contribution in [0.4, 0.5) is 11.5 Å². The summed E-state index contributed by atoms with van der Waals surface area (Å²) in [4.78, 5) is 11.0. The van der Waals surface area contributed by atoms with E-state index >= 15 is 0 Å². The molecule has 3 rings (SSSR count). The van der Waals surface area contributed by atoms with E-state index in [-0.39, 0.29) is 12.2 Å². The van der Waals surface area contributed by atoms with E-state index in [1.54, 1.807) is 6.33 Å². The summed E-state index contributed by atoms with van der Waals surface area (Å²) in [5.74, 6) is 1.65. The van der Waals surface area contributed by atoms with Crippen LogP contribution >= 0.6 is 0 Å². The lowest BCUT2D eigenvalue weighted by atomic mass is 10.0. The topological polar surface area (TPSA) is 99.1 Å². The predicted molar refractivity (Wildman–Crippen MR) is 106 cm³/mol. The molecule has 0 radical (unpaired) electrons. The number of benzene rings is 1. The molecule has 7 nitrogen and oxygen atoms in total. The van der Waals surface area contributed by atoms with Crippen LogP contribution in [-0.4, -0.2) is 47.6 Å². The molecule has 1 aliphatic rings. The van der Waals surface area contributed by atoms with Gasteiger partial charge in [0, 0.05) is 30.5 Å². The van der Waals surface area contributed by atoms with Crippen LogP contribution in [0.3, 0.4) is 0 Å². The van der Waals surface area contributed by atoms with Gasteiger partial charge in [-0.3, -0.25) is 5.41 Å². The van der Waals surface area contributed by atoms with E-state index in [1.807, 2.05) is 31.3 Å². The van der Waals surface area contributed by atoms with Crippen molar-refractivity contribution in [3.05, 3.63) is 41.9 Å². The number of ether oxygens (including phenoxy) is 2. The number of nitrogen functional groups attached to an aromatic ring is 1. The molecule has 0 spiro atoms. The number of nitrogens with zero attached hydrogens (tertiary/aromatic N) is 3. The molecule has 1 aliphatic heterocycles. The molecule has 7 heteroatoms. The Kier molecular flexibility index (Phi) is 5.91. The fourth-order valence-corrected chi connectivity index (χ4v) is 3.48. The molecule has 27 heavy (non-hydrogen) atoms. The van der Waals surface area contributed by atoms with Gasteiger partial charge in [-0.1, -0.05) is 0 Å². The lowest BCUT2D eigenvalue weighted by Crippen LogP contribution is -2.47. The number of anilines is 2. The zero-order chi connectivity index (χ0) is 19.4. The van der Waals surface area contributed by atoms with E-state index < -0.39 is 0 Å². The van der Waals surface area contributed by atoms with Crippen molar-refractivity contribution in [2.24, 2.45) is 0 Å². The van der Waals surface area contributed by atoms with Crippen molar-refractivity contribution in [3.63, 3.8) is 0 Å². The fourth-order valence-electron chi connectivity index (χ4n) is 3.48. The first-order valence-electron chi connectivity index (χ1n) is 9.31. The van der Waals surface area contributed by atoms with Crippen molar-refractivity contribution in [3.8, 4) is 5.75 Å². The van der Waals surface area contributed by atoms with Gasteiger partial charge in [0.25, 0.3) is 0 Å². The SMILES string of the molecule is CCOc1ccc(N)c(C(=[NH2+])Cc2cncnc2N2C[C@@H](C)O[C@@H](C)C2)c1. The molecule has 144 valence electrons. The Morgan fingerprint density at radius 2 is 2.07 bits per heavy atom. The third-order valence-electron chi connectivity index (χ3n) is 4.55. The maximum Gasteiger partial charge on any atom is 0.186 e. The summed E-state index contributed by atoms with van der Waals surface area (Å²) in [7, 11) is 0. The molecule has 1 saturated heterocycles. The second-order valence-electron chi connectivity index (χ2n) is 6.92. The summed E-state index contributed by atoms with van der Waals surface area (Å²) < 4.78 is 11.4. The molecule has 1 aromatic carbocycles. The fraction of sp³-hybridized carbons (Fsp3) is 0.450. The number of morpholine rings is 1. The van der Waals surface area contributed by atoms with Gasteiger partial charge in [0.15, 0.2) is 5.71 Å². The summed E-state index contributed by atoms with van der Waals surface area (Å²) in [5, 5.41) is 6.43. The monoisotopic (exact) mass is 370 g/mol. The van der Waals surface area contributed by atoms with E-state index in [9.17, 15) is 0 Å². The predicted octanol–water partition coefficient (Wildman–Crippen LogP) is 0.862. The van der Waals surface area contributed by atoms with Crippen LogP contribution in [0.25, 0.3) is 0 Å². The van der Waals surface area contributed by atoms with Crippen molar-refractivity contribution in [1.82, 2.24) is 9.97 Å². The Morgan fingerprint density at radius 3 is 2.78 bits per heavy atom. The van der Waals surface area contributed by atoms with Gasteiger partial charge >= 0.3 is 0 Å². The summed E-state index contributed by atoms with van der Waals surface area (Å²) in [6.07, 6.45) is 4.20. The second kappa shape index (κ2) is 8.35. The molecular formula is C20H28N5O2+. The first kappa shape index (κ1) is 19.1. The Hall–Kier alpha value is -2.67. The van der Waals surface area contributed by atoms with E-state index in [2.05, 4.69) is 28.7 Å². The van der Waals surface area contributed by atoms with Gasteiger partial charge < -0.3 is 20.1 Å². The lowest BCUT2D eigenvalue weighted by Gasteiger charge is -2.36. The molecule has 0 unspecified atom stereocenters. The van der Waals surface area contributed by atoms with Crippen molar-refractivity contribution in [2.45, 2.75) is 39.4 Å². The van der Waals surface area contributed by atoms with Crippen molar-refractivity contribution >= 4 is 17.2 Å². The van der Waals surface area contributed by atoms with Gasteiger partial charge in [-0.05, 0) is 39.0 Å². The Labute approximate surface area is 160 Å². The summed E-state index contributed by atoms with van der Waals surface area (Å²) in [6.45, 7) is 8.26. The minimum absolute atomic E-state index is 0.149. The van der Waals surface area contributed by atoms with E-state index in [0.717, 1.165) is 35.8 Å². The van der Waals surface area contributed by atoms with E-state index in [1.165, 1.54) is 0 Å². The summed E-state index contributed by atoms with van der Waals surface area (Å²) in [6, 6.07) is 5.56. The van der Waals surface area contributed by atoms with E-state index in [0.29, 0.717) is 24.4 Å². The minimum Gasteiger partial charge on any atom is -0.494 e. The molecule has 2 heterocycles. The molecule has 0 amide bonds. The van der Waals surface area contributed by atoms with Crippen LogP contribution in [-0.2, 0) is 11.2 Å². The molecule has 1 fully saturated rings. The highest BCUT2D eigenvalue weighted by atomic mass is 16.5. The smallest absolute Gasteiger partial charge is 0.186 e. The van der Waals surface area contributed by atoms with Crippen LogP contribution in [0.1, 0.15) is 31.9 Å². The average Bonchev–Trinajstić information content (AvgIpc) is 2.63. The lowest BCUT2D eigenvalue weighted by molar-refractivity contribution is -0.114. The summed E-state index contributed by atoms with van der Waals surface area (Å²) in [5.41, 5.74) is 9.20. The van der Waals surface area contributed by atoms with Crippen LogP contribution in [0.15, 0.2) is 30.7 Å². The van der Waals surface area contributed by atoms with E-state index in [4.69, 9.17) is 20.6 Å². The third-order valence-corrected chi connectivity index (χ3v) is 4.55. The maximum atomic E-state index is 6.43. The number of hydrogen-bond donors (Lipinski definition) is 2. The molecule has 1 aromatic heterocycles.